The number of piperidine rings is 1. The number of oxime groups is 1. The number of amides is 4. The van der Waals surface area contributed by atoms with Gasteiger partial charge in [0.1, 0.15) is 11.6 Å². The Kier molecular flexibility index (Phi) is 6.59. The smallest absolute Gasteiger partial charge is 0.407 e. The number of ether oxygens (including phenoxy) is 1. The van der Waals surface area contributed by atoms with Gasteiger partial charge in [0.15, 0.2) is 18.6 Å². The van der Waals surface area contributed by atoms with Crippen LogP contribution in [0.1, 0.15) is 27.2 Å². The number of fused-ring (bicyclic) bond motifs is 2. The number of carbonyl (C=O) groups is 3. The van der Waals surface area contributed by atoms with Crippen molar-refractivity contribution in [2.75, 3.05) is 19.7 Å². The van der Waals surface area contributed by atoms with E-state index in [2.05, 4.69) is 10.5 Å². The van der Waals surface area contributed by atoms with E-state index < -0.39 is 54.3 Å². The molecule has 2 heterocycles. The molecule has 2 atom stereocenters. The highest BCUT2D eigenvalue weighted by Gasteiger charge is 2.49. The van der Waals surface area contributed by atoms with E-state index >= 15 is 0 Å². The zero-order valence-electron chi connectivity index (χ0n) is 15.2. The second-order valence-corrected chi connectivity index (χ2v) is 7.31. The fourth-order valence-corrected chi connectivity index (χ4v) is 2.99. The monoisotopic (exact) mass is 405 g/mol. The molecule has 27 heavy (non-hydrogen) atoms. The van der Waals surface area contributed by atoms with Crippen molar-refractivity contribution in [1.29, 1.82) is 0 Å². The van der Waals surface area contributed by atoms with Gasteiger partial charge in [-0.05, 0) is 20.8 Å². The molecule has 2 fully saturated rings. The molecule has 0 aromatic rings. The van der Waals surface area contributed by atoms with E-state index in [1.54, 1.807) is 20.8 Å². The lowest BCUT2D eigenvalue weighted by Crippen LogP contribution is -2.50. The standard InChI is InChI=1S/C14H23N5O7S/c1-14(2,3)25-12(21)16-5-8-4-9(17-24-7-11(15)20)10-6-18(8)13(22)19(10)26-27-23/h8,10,27H,4-7H2,1-3H3,(H2,15,20)(H,16,21)/b17-9-/t8-,10-/m0/s1. The van der Waals surface area contributed by atoms with Crippen LogP contribution in [-0.2, 0) is 30.6 Å². The predicted octanol–water partition coefficient (Wildman–Crippen LogP) is -0.961. The number of nitrogens with two attached hydrogens (primary N) is 1. The zero-order chi connectivity index (χ0) is 20.2. The van der Waals surface area contributed by atoms with Crippen LogP contribution >= 0.6 is 0 Å². The molecular weight excluding hydrogens is 382 g/mol. The molecule has 0 radical (unpaired) electrons. The Hall–Kier alpha value is -2.41. The minimum Gasteiger partial charge on any atom is -0.444 e. The van der Waals surface area contributed by atoms with Crippen LogP contribution < -0.4 is 11.1 Å². The van der Waals surface area contributed by atoms with E-state index in [-0.39, 0.29) is 19.5 Å². The third kappa shape index (κ3) is 5.53. The molecule has 2 saturated heterocycles. The number of carbonyl (C=O) groups excluding carboxylic acids is 3. The van der Waals surface area contributed by atoms with Gasteiger partial charge < -0.3 is 25.5 Å². The molecular formula is C14H23N5O7S. The SMILES string of the molecule is CC(C)(C)OC(=O)NC[C@@H]1C/C(=N/OCC(N)=O)[C@@H]2CN1C(=O)N2O[SH]=O. The molecule has 13 heteroatoms. The largest absolute Gasteiger partial charge is 0.444 e. The van der Waals surface area contributed by atoms with Crippen molar-refractivity contribution in [3.63, 3.8) is 0 Å². The third-order valence-electron chi connectivity index (χ3n) is 3.75. The lowest BCUT2D eigenvalue weighted by molar-refractivity contribution is -0.122. The number of hydrogen-bond acceptors (Lipinski definition) is 8. The minimum atomic E-state index is -0.700. The molecule has 2 bridgehead atoms. The van der Waals surface area contributed by atoms with Gasteiger partial charge in [-0.3, -0.25) is 4.79 Å². The van der Waals surface area contributed by atoms with Gasteiger partial charge in [0.25, 0.3) is 5.91 Å². The molecule has 152 valence electrons. The van der Waals surface area contributed by atoms with Gasteiger partial charge in [-0.2, -0.15) is 9.35 Å². The first-order valence-corrected chi connectivity index (χ1v) is 8.89. The molecule has 0 saturated carbocycles. The summed E-state index contributed by atoms with van der Waals surface area (Å²) in [4.78, 5) is 41.5. The van der Waals surface area contributed by atoms with Crippen molar-refractivity contribution in [2.45, 2.75) is 44.9 Å². The summed E-state index contributed by atoms with van der Waals surface area (Å²) in [7, 11) is 0. The number of hydroxylamine groups is 2. The van der Waals surface area contributed by atoms with Crippen molar-refractivity contribution in [3.05, 3.63) is 0 Å². The van der Waals surface area contributed by atoms with Gasteiger partial charge in [0, 0.05) is 13.0 Å². The summed E-state index contributed by atoms with van der Waals surface area (Å²) in [5.74, 6) is -0.700. The molecule has 2 aliphatic heterocycles. The number of urea groups is 1. The Morgan fingerprint density at radius 1 is 1.41 bits per heavy atom. The Bertz CT molecular complexity index is 650. The molecule has 0 aromatic heterocycles. The normalized spacial score (nSPS) is 23.5. The Morgan fingerprint density at radius 3 is 2.70 bits per heavy atom. The lowest BCUT2D eigenvalue weighted by Gasteiger charge is -2.31. The molecule has 3 N–H and O–H groups in total. The van der Waals surface area contributed by atoms with Gasteiger partial charge >= 0.3 is 12.1 Å². The average Bonchev–Trinajstić information content (AvgIpc) is 2.81. The van der Waals surface area contributed by atoms with Gasteiger partial charge in [0.2, 0.25) is 0 Å². The van der Waals surface area contributed by atoms with Crippen molar-refractivity contribution >= 4 is 35.7 Å². The molecule has 0 spiro atoms. The average molecular weight is 405 g/mol. The highest BCUT2D eigenvalue weighted by atomic mass is 32.2. The van der Waals surface area contributed by atoms with Crippen molar-refractivity contribution in [1.82, 2.24) is 15.3 Å². The van der Waals surface area contributed by atoms with E-state index in [4.69, 9.17) is 19.6 Å². The molecule has 0 aromatic carbocycles. The summed E-state index contributed by atoms with van der Waals surface area (Å²) in [5, 5.41) is 7.40. The Morgan fingerprint density at radius 2 is 2.11 bits per heavy atom. The van der Waals surface area contributed by atoms with Gasteiger partial charge in [-0.1, -0.05) is 5.16 Å². The van der Waals surface area contributed by atoms with Crippen LogP contribution in [0.5, 0.6) is 0 Å². The van der Waals surface area contributed by atoms with Gasteiger partial charge in [0.05, 0.1) is 18.3 Å². The minimum absolute atomic E-state index is 0.102. The summed E-state index contributed by atoms with van der Waals surface area (Å²) in [5.41, 5.74) is 4.75. The first-order valence-electron chi connectivity index (χ1n) is 8.16. The molecule has 0 unspecified atom stereocenters. The second kappa shape index (κ2) is 8.52. The van der Waals surface area contributed by atoms with Crippen molar-refractivity contribution in [2.24, 2.45) is 10.9 Å². The van der Waals surface area contributed by atoms with E-state index in [9.17, 15) is 18.6 Å². The van der Waals surface area contributed by atoms with Gasteiger partial charge in [-0.15, -0.1) is 0 Å². The number of primary amides is 1. The summed E-state index contributed by atoms with van der Waals surface area (Å²) in [6.45, 7) is 5.09. The summed E-state index contributed by atoms with van der Waals surface area (Å²) >= 11 is -0.700. The van der Waals surface area contributed by atoms with Crippen LogP contribution in [0.2, 0.25) is 0 Å². The number of hydrogen-bond donors (Lipinski definition) is 3. The van der Waals surface area contributed by atoms with Crippen LogP contribution in [0.4, 0.5) is 9.59 Å². The number of rotatable bonds is 7. The molecule has 4 amide bonds. The lowest BCUT2D eigenvalue weighted by atomic mass is 9.98. The van der Waals surface area contributed by atoms with Crippen LogP contribution in [0, 0.1) is 0 Å². The predicted molar refractivity (Wildman–Crippen MR) is 93.6 cm³/mol. The number of nitrogens with one attached hydrogen (secondary N) is 1. The number of alkyl carbamates (subject to hydrolysis) is 1. The number of thiol groups is 1. The van der Waals surface area contributed by atoms with E-state index in [0.717, 1.165) is 5.06 Å². The van der Waals surface area contributed by atoms with E-state index in [1.807, 2.05) is 0 Å². The first-order chi connectivity index (χ1) is 12.6. The second-order valence-electron chi connectivity index (χ2n) is 7.00. The molecule has 0 aliphatic carbocycles. The zero-order valence-corrected chi connectivity index (χ0v) is 16.1. The maximum atomic E-state index is 12.5. The fraction of sp³-hybridized carbons (Fsp3) is 0.714. The van der Waals surface area contributed by atoms with Gasteiger partial charge in [-0.25, -0.2) is 13.8 Å². The van der Waals surface area contributed by atoms with Crippen LogP contribution in [0.3, 0.4) is 0 Å². The fourth-order valence-electron chi connectivity index (χ4n) is 2.73. The summed E-state index contributed by atoms with van der Waals surface area (Å²) < 4.78 is 20.8. The highest BCUT2D eigenvalue weighted by Crippen LogP contribution is 2.28. The van der Waals surface area contributed by atoms with Crippen molar-refractivity contribution < 1.29 is 32.5 Å². The molecule has 2 aliphatic rings. The highest BCUT2D eigenvalue weighted by molar-refractivity contribution is 7.60. The molecule has 12 nitrogen and oxygen atoms in total. The van der Waals surface area contributed by atoms with Crippen LogP contribution in [0.15, 0.2) is 5.16 Å². The third-order valence-corrected chi connectivity index (χ3v) is 3.99. The summed E-state index contributed by atoms with van der Waals surface area (Å²) in [6.07, 6.45) is -0.369. The summed E-state index contributed by atoms with van der Waals surface area (Å²) in [6, 6.07) is -1.59. The van der Waals surface area contributed by atoms with Crippen LogP contribution in [-0.4, -0.2) is 75.3 Å². The van der Waals surface area contributed by atoms with E-state index in [0.29, 0.717) is 5.71 Å². The topological polar surface area (TPSA) is 153 Å². The van der Waals surface area contributed by atoms with E-state index in [1.165, 1.54) is 4.90 Å². The Labute approximate surface area is 159 Å². The quantitative estimate of drug-likeness (QED) is 0.364. The maximum absolute atomic E-state index is 12.5. The van der Waals surface area contributed by atoms with Crippen LogP contribution in [0.25, 0.3) is 0 Å². The number of nitrogens with zero attached hydrogens (tertiary/aromatic N) is 3. The maximum Gasteiger partial charge on any atom is 0.407 e. The first kappa shape index (κ1) is 20.9. The molecule has 2 rings (SSSR count). The van der Waals surface area contributed by atoms with Crippen molar-refractivity contribution in [3.8, 4) is 0 Å². The Balaban J connectivity index is 2.09.